The summed E-state index contributed by atoms with van der Waals surface area (Å²) in [5.74, 6) is 1.28. The molecular weight excluding hydrogens is 240 g/mol. The summed E-state index contributed by atoms with van der Waals surface area (Å²) in [6.07, 6.45) is 0. The molecule has 0 bridgehead atoms. The van der Waals surface area contributed by atoms with E-state index in [2.05, 4.69) is 4.98 Å². The zero-order valence-corrected chi connectivity index (χ0v) is 10.6. The third-order valence-corrected chi connectivity index (χ3v) is 2.87. The Morgan fingerprint density at radius 3 is 2.79 bits per heavy atom. The molecule has 0 fully saturated rings. The van der Waals surface area contributed by atoms with Gasteiger partial charge in [-0.05, 0) is 31.2 Å². The van der Waals surface area contributed by atoms with E-state index in [1.807, 2.05) is 49.4 Å². The van der Waals surface area contributed by atoms with Gasteiger partial charge < -0.3 is 14.9 Å². The molecule has 96 valence electrons. The molecule has 4 nitrogen and oxygen atoms in total. The van der Waals surface area contributed by atoms with Gasteiger partial charge in [-0.1, -0.05) is 18.2 Å². The van der Waals surface area contributed by atoms with E-state index in [9.17, 15) is 0 Å². The first-order chi connectivity index (χ1) is 9.29. The van der Waals surface area contributed by atoms with Gasteiger partial charge >= 0.3 is 0 Å². The van der Waals surface area contributed by atoms with Gasteiger partial charge in [0, 0.05) is 0 Å². The van der Waals surface area contributed by atoms with Gasteiger partial charge in [0.25, 0.3) is 0 Å². The molecule has 2 aromatic carbocycles. The van der Waals surface area contributed by atoms with Crippen molar-refractivity contribution in [1.29, 1.82) is 0 Å². The van der Waals surface area contributed by atoms with Crippen LogP contribution in [0, 0.1) is 0 Å². The lowest BCUT2D eigenvalue weighted by molar-refractivity contribution is 0.340. The number of nitrogens with two attached hydrogens (primary N) is 1. The molecule has 1 heterocycles. The molecule has 19 heavy (non-hydrogen) atoms. The van der Waals surface area contributed by atoms with Crippen LogP contribution in [0.3, 0.4) is 0 Å². The van der Waals surface area contributed by atoms with Crippen molar-refractivity contribution < 1.29 is 9.15 Å². The molecule has 0 amide bonds. The number of ether oxygens (including phenoxy) is 1. The van der Waals surface area contributed by atoms with Crippen molar-refractivity contribution in [3.63, 3.8) is 0 Å². The predicted molar refractivity (Wildman–Crippen MR) is 75.0 cm³/mol. The van der Waals surface area contributed by atoms with E-state index in [1.54, 1.807) is 0 Å². The molecule has 4 heteroatoms. The van der Waals surface area contributed by atoms with Crippen molar-refractivity contribution in [3.8, 4) is 17.2 Å². The summed E-state index contributed by atoms with van der Waals surface area (Å²) in [5, 5.41) is 0. The molecule has 0 saturated heterocycles. The van der Waals surface area contributed by atoms with Crippen LogP contribution in [-0.2, 0) is 0 Å². The van der Waals surface area contributed by atoms with Crippen molar-refractivity contribution >= 4 is 16.8 Å². The fourth-order valence-electron chi connectivity index (χ4n) is 2.01. The monoisotopic (exact) mass is 254 g/mol. The molecule has 0 aliphatic rings. The summed E-state index contributed by atoms with van der Waals surface area (Å²) in [6, 6.07) is 13.2. The van der Waals surface area contributed by atoms with E-state index in [0.717, 1.165) is 11.3 Å². The van der Waals surface area contributed by atoms with Crippen LogP contribution in [0.4, 0.5) is 5.69 Å². The number of oxazole rings is 1. The number of fused-ring (bicyclic) bond motifs is 1. The van der Waals surface area contributed by atoms with Gasteiger partial charge in [0.2, 0.25) is 5.89 Å². The summed E-state index contributed by atoms with van der Waals surface area (Å²) in [5.41, 5.74) is 8.70. The maximum absolute atomic E-state index is 5.89. The highest BCUT2D eigenvalue weighted by Gasteiger charge is 2.13. The number of aromatic nitrogens is 1. The Hall–Kier alpha value is -2.49. The standard InChI is InChI=1S/C15H14N2O2/c1-2-18-12-8-4-3-6-10(12)15-17-14-11(16)7-5-9-13(14)19-15/h3-9H,2,16H2,1H3. The molecule has 1 aromatic heterocycles. The predicted octanol–water partition coefficient (Wildman–Crippen LogP) is 3.48. The lowest BCUT2D eigenvalue weighted by atomic mass is 10.2. The molecule has 0 radical (unpaired) electrons. The number of anilines is 1. The quantitative estimate of drug-likeness (QED) is 0.727. The molecule has 0 aliphatic heterocycles. The Bertz CT molecular complexity index is 719. The van der Waals surface area contributed by atoms with Crippen LogP contribution in [0.1, 0.15) is 6.92 Å². The molecule has 0 unspecified atom stereocenters. The lowest BCUT2D eigenvalue weighted by Crippen LogP contribution is -1.93. The normalized spacial score (nSPS) is 10.8. The van der Waals surface area contributed by atoms with Crippen molar-refractivity contribution in [2.24, 2.45) is 0 Å². The smallest absolute Gasteiger partial charge is 0.231 e. The van der Waals surface area contributed by atoms with E-state index in [1.165, 1.54) is 0 Å². The Kier molecular flexibility index (Phi) is 2.83. The van der Waals surface area contributed by atoms with Crippen molar-refractivity contribution in [3.05, 3.63) is 42.5 Å². The number of hydrogen-bond donors (Lipinski definition) is 1. The lowest BCUT2D eigenvalue weighted by Gasteiger charge is -2.06. The van der Waals surface area contributed by atoms with Gasteiger partial charge in [0.05, 0.1) is 17.9 Å². The Morgan fingerprint density at radius 2 is 2.00 bits per heavy atom. The van der Waals surface area contributed by atoms with Gasteiger partial charge in [-0.15, -0.1) is 0 Å². The fourth-order valence-corrected chi connectivity index (χ4v) is 2.01. The average molecular weight is 254 g/mol. The zero-order chi connectivity index (χ0) is 13.2. The van der Waals surface area contributed by atoms with Crippen molar-refractivity contribution in [2.75, 3.05) is 12.3 Å². The summed E-state index contributed by atoms with van der Waals surface area (Å²) in [4.78, 5) is 4.45. The van der Waals surface area contributed by atoms with Crippen molar-refractivity contribution in [2.45, 2.75) is 6.92 Å². The van der Waals surface area contributed by atoms with Crippen LogP contribution in [0.5, 0.6) is 5.75 Å². The summed E-state index contributed by atoms with van der Waals surface area (Å²) in [7, 11) is 0. The zero-order valence-electron chi connectivity index (χ0n) is 10.6. The maximum atomic E-state index is 5.89. The number of nitrogens with zero attached hydrogens (tertiary/aromatic N) is 1. The van der Waals surface area contributed by atoms with Crippen LogP contribution in [-0.4, -0.2) is 11.6 Å². The highest BCUT2D eigenvalue weighted by atomic mass is 16.5. The van der Waals surface area contributed by atoms with Gasteiger partial charge in [0.15, 0.2) is 5.58 Å². The van der Waals surface area contributed by atoms with Gasteiger partial charge in [0.1, 0.15) is 11.3 Å². The second-order valence-corrected chi connectivity index (χ2v) is 4.14. The first-order valence-electron chi connectivity index (χ1n) is 6.17. The number of nitrogen functional groups attached to an aromatic ring is 1. The number of para-hydroxylation sites is 2. The van der Waals surface area contributed by atoms with E-state index in [0.29, 0.717) is 29.3 Å². The highest BCUT2D eigenvalue weighted by molar-refractivity contribution is 5.87. The molecule has 0 spiro atoms. The van der Waals surface area contributed by atoms with Crippen molar-refractivity contribution in [1.82, 2.24) is 4.98 Å². The van der Waals surface area contributed by atoms with Gasteiger partial charge in [-0.25, -0.2) is 4.98 Å². The molecular formula is C15H14N2O2. The average Bonchev–Trinajstić information content (AvgIpc) is 2.85. The Morgan fingerprint density at radius 1 is 1.16 bits per heavy atom. The second kappa shape index (κ2) is 4.65. The van der Waals surface area contributed by atoms with E-state index >= 15 is 0 Å². The Balaban J connectivity index is 2.17. The van der Waals surface area contributed by atoms with Crippen LogP contribution in [0.2, 0.25) is 0 Å². The fraction of sp³-hybridized carbons (Fsp3) is 0.133. The minimum Gasteiger partial charge on any atom is -0.493 e. The van der Waals surface area contributed by atoms with Crippen LogP contribution < -0.4 is 10.5 Å². The molecule has 0 saturated carbocycles. The summed E-state index contributed by atoms with van der Waals surface area (Å²) >= 11 is 0. The van der Waals surface area contributed by atoms with Gasteiger partial charge in [-0.3, -0.25) is 0 Å². The van der Waals surface area contributed by atoms with Crippen LogP contribution >= 0.6 is 0 Å². The topological polar surface area (TPSA) is 61.3 Å². The van der Waals surface area contributed by atoms with E-state index < -0.39 is 0 Å². The largest absolute Gasteiger partial charge is 0.493 e. The molecule has 3 aromatic rings. The second-order valence-electron chi connectivity index (χ2n) is 4.14. The van der Waals surface area contributed by atoms with Crippen LogP contribution in [0.15, 0.2) is 46.9 Å². The minimum atomic E-state index is 0.525. The number of hydrogen-bond acceptors (Lipinski definition) is 4. The molecule has 3 rings (SSSR count). The van der Waals surface area contributed by atoms with Gasteiger partial charge in [-0.2, -0.15) is 0 Å². The Labute approximate surface area is 110 Å². The molecule has 2 N–H and O–H groups in total. The molecule has 0 aliphatic carbocycles. The highest BCUT2D eigenvalue weighted by Crippen LogP contribution is 2.32. The SMILES string of the molecule is CCOc1ccccc1-c1nc2c(N)cccc2o1. The first-order valence-corrected chi connectivity index (χ1v) is 6.17. The third kappa shape index (κ3) is 2.01. The third-order valence-electron chi connectivity index (χ3n) is 2.87. The van der Waals surface area contributed by atoms with Crippen LogP contribution in [0.25, 0.3) is 22.6 Å². The maximum Gasteiger partial charge on any atom is 0.231 e. The first kappa shape index (κ1) is 11.6. The minimum absolute atomic E-state index is 0.525. The number of rotatable bonds is 3. The summed E-state index contributed by atoms with van der Waals surface area (Å²) in [6.45, 7) is 2.54. The number of benzene rings is 2. The summed E-state index contributed by atoms with van der Waals surface area (Å²) < 4.78 is 11.3. The van der Waals surface area contributed by atoms with E-state index in [4.69, 9.17) is 14.9 Å². The molecule has 0 atom stereocenters. The van der Waals surface area contributed by atoms with E-state index in [-0.39, 0.29) is 0 Å².